The second kappa shape index (κ2) is 6.12. The van der Waals surface area contributed by atoms with Gasteiger partial charge in [0, 0.05) is 36.2 Å². The number of nitro benzene ring substituents is 1. The summed E-state index contributed by atoms with van der Waals surface area (Å²) in [6.45, 7) is 6.61. The Morgan fingerprint density at radius 2 is 2.10 bits per heavy atom. The zero-order chi connectivity index (χ0) is 14.8. The van der Waals surface area contributed by atoms with Crippen LogP contribution in [0.15, 0.2) is 18.2 Å². The Labute approximate surface area is 128 Å². The van der Waals surface area contributed by atoms with Crippen molar-refractivity contribution in [2.45, 2.75) is 38.4 Å². The predicted molar refractivity (Wildman–Crippen MR) is 85.6 cm³/mol. The lowest BCUT2D eigenvalue weighted by Gasteiger charge is -2.28. The van der Waals surface area contributed by atoms with E-state index in [0.29, 0.717) is 10.7 Å². The minimum Gasteiger partial charge on any atom is -0.371 e. The molecule has 0 radical (unpaired) electrons. The molecule has 2 rings (SSSR count). The number of benzene rings is 1. The monoisotopic (exact) mass is 340 g/mol. The number of non-ortho nitro benzene ring substituents is 1. The van der Waals surface area contributed by atoms with Gasteiger partial charge in [-0.2, -0.15) is 0 Å². The fraction of sp³-hybridized carbons (Fsp3) is 0.600. The summed E-state index contributed by atoms with van der Waals surface area (Å²) >= 11 is 3.45. The highest BCUT2D eigenvalue weighted by molar-refractivity contribution is 9.08. The molecule has 1 saturated heterocycles. The number of nitro groups is 1. The maximum atomic E-state index is 10.9. The van der Waals surface area contributed by atoms with Crippen LogP contribution in [0.5, 0.6) is 0 Å². The lowest BCUT2D eigenvalue weighted by Crippen LogP contribution is -2.26. The molecule has 110 valence electrons. The molecule has 0 aliphatic carbocycles. The van der Waals surface area contributed by atoms with Gasteiger partial charge in [-0.15, -0.1) is 0 Å². The predicted octanol–water partition coefficient (Wildman–Crippen LogP) is 4.51. The van der Waals surface area contributed by atoms with Crippen LogP contribution in [0.4, 0.5) is 11.4 Å². The van der Waals surface area contributed by atoms with Gasteiger partial charge >= 0.3 is 0 Å². The second-order valence-electron chi connectivity index (χ2n) is 5.58. The molecular weight excluding hydrogens is 320 g/mol. The van der Waals surface area contributed by atoms with Crippen molar-refractivity contribution < 1.29 is 4.92 Å². The fourth-order valence-corrected chi connectivity index (χ4v) is 3.52. The number of nitrogens with zero attached hydrogens (tertiary/aromatic N) is 2. The van der Waals surface area contributed by atoms with Crippen LogP contribution in [-0.2, 0) is 5.33 Å². The summed E-state index contributed by atoms with van der Waals surface area (Å²) in [7, 11) is 0. The van der Waals surface area contributed by atoms with Crippen LogP contribution in [0, 0.1) is 15.5 Å². The van der Waals surface area contributed by atoms with Crippen molar-refractivity contribution in [2.75, 3.05) is 18.0 Å². The summed E-state index contributed by atoms with van der Waals surface area (Å²) in [4.78, 5) is 12.9. The normalized spacial score (nSPS) is 17.4. The van der Waals surface area contributed by atoms with E-state index in [2.05, 4.69) is 34.7 Å². The zero-order valence-electron chi connectivity index (χ0n) is 12.1. The lowest BCUT2D eigenvalue weighted by molar-refractivity contribution is -0.384. The molecule has 1 fully saturated rings. The maximum Gasteiger partial charge on any atom is 0.269 e. The van der Waals surface area contributed by atoms with Gasteiger partial charge in [0.05, 0.1) is 4.92 Å². The largest absolute Gasteiger partial charge is 0.371 e. The van der Waals surface area contributed by atoms with Crippen molar-refractivity contribution in [2.24, 2.45) is 5.41 Å². The molecule has 1 aromatic carbocycles. The van der Waals surface area contributed by atoms with Crippen LogP contribution in [0.2, 0.25) is 0 Å². The molecule has 1 aromatic rings. The summed E-state index contributed by atoms with van der Waals surface area (Å²) in [6.07, 6.45) is 3.59. The third-order valence-corrected chi connectivity index (χ3v) is 5.30. The summed E-state index contributed by atoms with van der Waals surface area (Å²) in [6, 6.07) is 5.19. The van der Waals surface area contributed by atoms with E-state index < -0.39 is 0 Å². The maximum absolute atomic E-state index is 10.9. The molecule has 0 spiro atoms. The van der Waals surface area contributed by atoms with E-state index in [-0.39, 0.29) is 10.6 Å². The Morgan fingerprint density at radius 3 is 2.60 bits per heavy atom. The molecule has 1 aliphatic heterocycles. The van der Waals surface area contributed by atoms with E-state index in [0.717, 1.165) is 24.3 Å². The van der Waals surface area contributed by atoms with Gasteiger partial charge < -0.3 is 4.90 Å². The Balaban J connectivity index is 2.28. The number of anilines is 1. The molecule has 0 amide bonds. The van der Waals surface area contributed by atoms with Crippen LogP contribution >= 0.6 is 15.9 Å². The van der Waals surface area contributed by atoms with Crippen molar-refractivity contribution >= 4 is 27.3 Å². The molecule has 0 atom stereocenters. The van der Waals surface area contributed by atoms with Gasteiger partial charge in [-0.1, -0.05) is 29.8 Å². The standard InChI is InChI=1S/C15H21BrN2O2/c1-3-15(4-2)7-8-17(11-15)14-6-5-13(18(19)20)9-12(14)10-16/h5-6,9H,3-4,7-8,10-11H2,1-2H3. The molecule has 4 nitrogen and oxygen atoms in total. The summed E-state index contributed by atoms with van der Waals surface area (Å²) in [5.74, 6) is 0. The molecular formula is C15H21BrN2O2. The highest BCUT2D eigenvalue weighted by atomic mass is 79.9. The smallest absolute Gasteiger partial charge is 0.269 e. The third-order valence-electron chi connectivity index (χ3n) is 4.70. The molecule has 20 heavy (non-hydrogen) atoms. The van der Waals surface area contributed by atoms with Gasteiger partial charge in [-0.25, -0.2) is 0 Å². The van der Waals surface area contributed by atoms with Gasteiger partial charge in [0.2, 0.25) is 0 Å². The zero-order valence-corrected chi connectivity index (χ0v) is 13.6. The van der Waals surface area contributed by atoms with Gasteiger partial charge in [0.25, 0.3) is 5.69 Å². The van der Waals surface area contributed by atoms with Crippen LogP contribution in [0.1, 0.15) is 38.7 Å². The Hall–Kier alpha value is -1.10. The van der Waals surface area contributed by atoms with Crippen molar-refractivity contribution in [1.82, 2.24) is 0 Å². The molecule has 1 heterocycles. The van der Waals surface area contributed by atoms with E-state index in [9.17, 15) is 10.1 Å². The molecule has 0 saturated carbocycles. The first-order valence-corrected chi connectivity index (χ1v) is 8.25. The Morgan fingerprint density at radius 1 is 1.40 bits per heavy atom. The van der Waals surface area contributed by atoms with Crippen LogP contribution in [-0.4, -0.2) is 18.0 Å². The first-order valence-electron chi connectivity index (χ1n) is 7.13. The van der Waals surface area contributed by atoms with Gasteiger partial charge in [0.15, 0.2) is 0 Å². The minimum atomic E-state index is -0.331. The molecule has 0 N–H and O–H groups in total. The van der Waals surface area contributed by atoms with Gasteiger partial charge in [-0.05, 0) is 36.3 Å². The summed E-state index contributed by atoms with van der Waals surface area (Å²) in [5.41, 5.74) is 2.71. The molecule has 0 unspecified atom stereocenters. The number of halogens is 1. The first-order chi connectivity index (χ1) is 9.55. The number of hydrogen-bond acceptors (Lipinski definition) is 3. The van der Waals surface area contributed by atoms with Gasteiger partial charge in [-0.3, -0.25) is 10.1 Å². The van der Waals surface area contributed by atoms with Gasteiger partial charge in [0.1, 0.15) is 0 Å². The highest BCUT2D eigenvalue weighted by Gasteiger charge is 2.35. The molecule has 0 bridgehead atoms. The van der Waals surface area contributed by atoms with Crippen molar-refractivity contribution in [3.05, 3.63) is 33.9 Å². The molecule has 0 aromatic heterocycles. The molecule has 5 heteroatoms. The topological polar surface area (TPSA) is 46.4 Å². The van der Waals surface area contributed by atoms with Crippen molar-refractivity contribution in [1.29, 1.82) is 0 Å². The van der Waals surface area contributed by atoms with Crippen LogP contribution < -0.4 is 4.90 Å². The minimum absolute atomic E-state index is 0.166. The van der Waals surface area contributed by atoms with E-state index >= 15 is 0 Å². The average molecular weight is 341 g/mol. The van der Waals surface area contributed by atoms with E-state index in [1.165, 1.54) is 19.3 Å². The second-order valence-corrected chi connectivity index (χ2v) is 6.14. The summed E-state index contributed by atoms with van der Waals surface area (Å²) < 4.78 is 0. The average Bonchev–Trinajstić information content (AvgIpc) is 2.91. The fourth-order valence-electron chi connectivity index (χ4n) is 3.07. The lowest BCUT2D eigenvalue weighted by atomic mass is 9.82. The van der Waals surface area contributed by atoms with E-state index in [1.807, 2.05) is 6.07 Å². The third kappa shape index (κ3) is 2.82. The number of hydrogen-bond donors (Lipinski definition) is 0. The molecule has 1 aliphatic rings. The first kappa shape index (κ1) is 15.3. The van der Waals surface area contributed by atoms with E-state index in [1.54, 1.807) is 12.1 Å². The number of alkyl halides is 1. The van der Waals surface area contributed by atoms with Crippen molar-refractivity contribution in [3.8, 4) is 0 Å². The summed E-state index contributed by atoms with van der Waals surface area (Å²) in [5, 5.41) is 11.5. The number of rotatable bonds is 5. The highest BCUT2D eigenvalue weighted by Crippen LogP contribution is 2.40. The Bertz CT molecular complexity index is 501. The van der Waals surface area contributed by atoms with Crippen LogP contribution in [0.25, 0.3) is 0 Å². The Kier molecular flexibility index (Phi) is 4.68. The van der Waals surface area contributed by atoms with Crippen molar-refractivity contribution in [3.63, 3.8) is 0 Å². The van der Waals surface area contributed by atoms with E-state index in [4.69, 9.17) is 0 Å². The van der Waals surface area contributed by atoms with Crippen LogP contribution in [0.3, 0.4) is 0 Å². The SMILES string of the molecule is CCC1(CC)CCN(c2ccc([N+](=O)[O-])cc2CBr)C1. The quantitative estimate of drug-likeness (QED) is 0.450.